The summed E-state index contributed by atoms with van der Waals surface area (Å²) in [4.78, 5) is 6.17. The Morgan fingerprint density at radius 3 is 2.65 bits per heavy atom. The molecule has 0 amide bonds. The molecule has 108 valence electrons. The number of benzene rings is 1. The fraction of sp³-hybridized carbons (Fsp3) is 0.471. The van der Waals surface area contributed by atoms with E-state index >= 15 is 0 Å². The zero-order valence-corrected chi connectivity index (χ0v) is 13.7. The highest BCUT2D eigenvalue weighted by molar-refractivity contribution is 7.12. The first kappa shape index (κ1) is 15.2. The third-order valence-corrected chi connectivity index (χ3v) is 4.45. The molecule has 1 N–H and O–H groups in total. The second-order valence-electron chi connectivity index (χ2n) is 5.33. The van der Waals surface area contributed by atoms with Crippen LogP contribution in [0.25, 0.3) is 11.3 Å². The molecule has 20 heavy (non-hydrogen) atoms. The molecule has 0 atom stereocenters. The first-order valence-corrected chi connectivity index (χ1v) is 8.18. The molecule has 0 saturated heterocycles. The van der Waals surface area contributed by atoms with Crippen LogP contribution < -0.4 is 5.32 Å². The van der Waals surface area contributed by atoms with Gasteiger partial charge in [0.05, 0.1) is 10.7 Å². The van der Waals surface area contributed by atoms with Gasteiger partial charge in [0.1, 0.15) is 0 Å². The standard InChI is InChI=1S/C17H24N2S/c1-5-9-18-10-8-16-19-17(14(4)20-16)15-7-6-12(2)11-13(15)3/h6-7,11,18H,5,8-10H2,1-4H3. The minimum atomic E-state index is 1.02. The maximum atomic E-state index is 4.85. The van der Waals surface area contributed by atoms with E-state index in [2.05, 4.69) is 51.2 Å². The number of hydrogen-bond donors (Lipinski definition) is 1. The van der Waals surface area contributed by atoms with Gasteiger partial charge >= 0.3 is 0 Å². The lowest BCUT2D eigenvalue weighted by atomic mass is 10.0. The molecule has 0 bridgehead atoms. The predicted octanol–water partition coefficient (Wildman–Crippen LogP) is 4.28. The maximum absolute atomic E-state index is 4.85. The molecule has 0 aliphatic heterocycles. The van der Waals surface area contributed by atoms with Gasteiger partial charge in [0.2, 0.25) is 0 Å². The third-order valence-electron chi connectivity index (χ3n) is 3.42. The Balaban J connectivity index is 2.14. The largest absolute Gasteiger partial charge is 0.316 e. The van der Waals surface area contributed by atoms with E-state index in [1.165, 1.54) is 33.0 Å². The summed E-state index contributed by atoms with van der Waals surface area (Å²) in [5.74, 6) is 0. The second-order valence-corrected chi connectivity index (χ2v) is 6.62. The number of rotatable bonds is 6. The lowest BCUT2D eigenvalue weighted by Crippen LogP contribution is -2.17. The fourth-order valence-electron chi connectivity index (χ4n) is 2.38. The van der Waals surface area contributed by atoms with E-state index < -0.39 is 0 Å². The molecule has 0 aliphatic rings. The molecule has 1 aromatic heterocycles. The molecule has 1 heterocycles. The first-order valence-electron chi connectivity index (χ1n) is 7.36. The molecule has 3 heteroatoms. The summed E-state index contributed by atoms with van der Waals surface area (Å²) in [5, 5.41) is 4.67. The number of nitrogens with one attached hydrogen (secondary N) is 1. The molecule has 2 aromatic rings. The van der Waals surface area contributed by atoms with Crippen LogP contribution in [0, 0.1) is 20.8 Å². The van der Waals surface area contributed by atoms with Crippen molar-refractivity contribution in [1.82, 2.24) is 10.3 Å². The molecule has 0 aliphatic carbocycles. The molecular weight excluding hydrogens is 264 g/mol. The van der Waals surface area contributed by atoms with Gasteiger partial charge in [0.15, 0.2) is 0 Å². The van der Waals surface area contributed by atoms with Gasteiger partial charge in [-0.05, 0) is 39.3 Å². The van der Waals surface area contributed by atoms with Crippen LogP contribution in [-0.2, 0) is 6.42 Å². The van der Waals surface area contributed by atoms with E-state index in [0.717, 1.165) is 25.2 Å². The van der Waals surface area contributed by atoms with E-state index in [0.29, 0.717) is 0 Å². The maximum Gasteiger partial charge on any atom is 0.0948 e. The predicted molar refractivity (Wildman–Crippen MR) is 88.6 cm³/mol. The quantitative estimate of drug-likeness (QED) is 0.803. The molecule has 1 aromatic carbocycles. The van der Waals surface area contributed by atoms with Crippen molar-refractivity contribution < 1.29 is 0 Å². The molecule has 2 rings (SSSR count). The molecular formula is C17H24N2S. The van der Waals surface area contributed by atoms with Crippen LogP contribution >= 0.6 is 11.3 Å². The van der Waals surface area contributed by atoms with Crippen LogP contribution in [0.3, 0.4) is 0 Å². The van der Waals surface area contributed by atoms with E-state index in [1.54, 1.807) is 0 Å². The molecule has 2 nitrogen and oxygen atoms in total. The van der Waals surface area contributed by atoms with Crippen molar-refractivity contribution in [3.05, 3.63) is 39.2 Å². The van der Waals surface area contributed by atoms with Gasteiger partial charge in [-0.25, -0.2) is 4.98 Å². The van der Waals surface area contributed by atoms with Gasteiger partial charge in [0.25, 0.3) is 0 Å². The summed E-state index contributed by atoms with van der Waals surface area (Å²) in [5.41, 5.74) is 5.06. The van der Waals surface area contributed by atoms with Gasteiger partial charge < -0.3 is 5.32 Å². The van der Waals surface area contributed by atoms with Crippen LogP contribution in [0.5, 0.6) is 0 Å². The van der Waals surface area contributed by atoms with Crippen molar-refractivity contribution in [2.24, 2.45) is 0 Å². The third kappa shape index (κ3) is 3.68. The number of aryl methyl sites for hydroxylation is 3. The van der Waals surface area contributed by atoms with Crippen LogP contribution in [-0.4, -0.2) is 18.1 Å². The van der Waals surface area contributed by atoms with Crippen molar-refractivity contribution in [2.45, 2.75) is 40.5 Å². The lowest BCUT2D eigenvalue weighted by molar-refractivity contribution is 0.670. The summed E-state index contributed by atoms with van der Waals surface area (Å²) in [6.07, 6.45) is 2.21. The van der Waals surface area contributed by atoms with Gasteiger partial charge in [-0.15, -0.1) is 11.3 Å². The minimum Gasteiger partial charge on any atom is -0.316 e. The van der Waals surface area contributed by atoms with Gasteiger partial charge in [-0.3, -0.25) is 0 Å². The van der Waals surface area contributed by atoms with E-state index in [-0.39, 0.29) is 0 Å². The van der Waals surface area contributed by atoms with E-state index in [1.807, 2.05) is 11.3 Å². The summed E-state index contributed by atoms with van der Waals surface area (Å²) >= 11 is 1.83. The van der Waals surface area contributed by atoms with Gasteiger partial charge in [-0.1, -0.05) is 30.7 Å². The normalized spacial score (nSPS) is 11.0. The Kier molecular flexibility index (Phi) is 5.32. The number of hydrogen-bond acceptors (Lipinski definition) is 3. The van der Waals surface area contributed by atoms with Crippen molar-refractivity contribution >= 4 is 11.3 Å². The highest BCUT2D eigenvalue weighted by Crippen LogP contribution is 2.30. The van der Waals surface area contributed by atoms with Crippen molar-refractivity contribution in [3.63, 3.8) is 0 Å². The summed E-state index contributed by atoms with van der Waals surface area (Å²) < 4.78 is 0. The van der Waals surface area contributed by atoms with Crippen molar-refractivity contribution in [1.29, 1.82) is 0 Å². The monoisotopic (exact) mass is 288 g/mol. The highest BCUT2D eigenvalue weighted by atomic mass is 32.1. The zero-order chi connectivity index (χ0) is 14.5. The average Bonchev–Trinajstić information content (AvgIpc) is 2.76. The van der Waals surface area contributed by atoms with Crippen LogP contribution in [0.1, 0.15) is 34.4 Å². The molecule has 0 unspecified atom stereocenters. The summed E-state index contributed by atoms with van der Waals surface area (Å²) in [7, 11) is 0. The van der Waals surface area contributed by atoms with Crippen molar-refractivity contribution in [2.75, 3.05) is 13.1 Å². The van der Waals surface area contributed by atoms with Gasteiger partial charge in [0, 0.05) is 23.4 Å². The Morgan fingerprint density at radius 2 is 1.95 bits per heavy atom. The topological polar surface area (TPSA) is 24.9 Å². The van der Waals surface area contributed by atoms with Crippen LogP contribution in [0.4, 0.5) is 0 Å². The first-order chi connectivity index (χ1) is 9.61. The minimum absolute atomic E-state index is 1.02. The second kappa shape index (κ2) is 7.00. The fourth-order valence-corrected chi connectivity index (χ4v) is 3.33. The van der Waals surface area contributed by atoms with Gasteiger partial charge in [-0.2, -0.15) is 0 Å². The number of thiazole rings is 1. The number of nitrogens with zero attached hydrogens (tertiary/aromatic N) is 1. The molecule has 0 radical (unpaired) electrons. The average molecular weight is 288 g/mol. The summed E-state index contributed by atoms with van der Waals surface area (Å²) in [6.45, 7) is 10.8. The zero-order valence-electron chi connectivity index (χ0n) is 12.9. The Hall–Kier alpha value is -1.19. The SMILES string of the molecule is CCCNCCc1nc(-c2ccc(C)cc2C)c(C)s1. The Labute approximate surface area is 126 Å². The highest BCUT2D eigenvalue weighted by Gasteiger charge is 2.11. The van der Waals surface area contributed by atoms with E-state index in [4.69, 9.17) is 4.98 Å². The lowest BCUT2D eigenvalue weighted by Gasteiger charge is -2.05. The smallest absolute Gasteiger partial charge is 0.0948 e. The molecule has 0 spiro atoms. The summed E-state index contributed by atoms with van der Waals surface area (Å²) in [6, 6.07) is 6.60. The molecule has 0 fully saturated rings. The van der Waals surface area contributed by atoms with Crippen molar-refractivity contribution in [3.8, 4) is 11.3 Å². The Bertz CT molecular complexity index is 572. The van der Waals surface area contributed by atoms with Crippen LogP contribution in [0.15, 0.2) is 18.2 Å². The Morgan fingerprint density at radius 1 is 1.15 bits per heavy atom. The van der Waals surface area contributed by atoms with E-state index in [9.17, 15) is 0 Å². The van der Waals surface area contributed by atoms with Crippen LogP contribution in [0.2, 0.25) is 0 Å². The number of aromatic nitrogens is 1. The molecule has 0 saturated carbocycles.